The van der Waals surface area contributed by atoms with Crippen LogP contribution >= 0.6 is 43.5 Å². The van der Waals surface area contributed by atoms with E-state index >= 15 is 0 Å². The molecule has 6 rings (SSSR count). The molecule has 1 aliphatic carbocycles. The largest absolute Gasteiger partial charge is 0.450 e. The van der Waals surface area contributed by atoms with E-state index in [0.717, 1.165) is 0 Å². The topological polar surface area (TPSA) is 93.6 Å². The van der Waals surface area contributed by atoms with Crippen LogP contribution < -0.4 is 4.90 Å². The van der Waals surface area contributed by atoms with E-state index in [1.54, 1.807) is 73.7 Å². The number of rotatable bonds is 7. The first kappa shape index (κ1) is 31.6. The Morgan fingerprint density at radius 3 is 2.18 bits per heavy atom. The summed E-state index contributed by atoms with van der Waals surface area (Å²) >= 11 is 13.7. The number of hydrogen-bond acceptors (Lipinski definition) is 6. The Kier molecular flexibility index (Phi) is 8.96. The highest BCUT2D eigenvalue weighted by atomic mass is 79.9. The summed E-state index contributed by atoms with van der Waals surface area (Å²) in [5.41, 5.74) is 3.57. The van der Waals surface area contributed by atoms with Crippen LogP contribution in [0.3, 0.4) is 0 Å². The standard InChI is InChI=1S/C35H29Br2ClN2O5/c1-3-30(32(41)20-7-5-4-6-8-20)45-35(44)25-17-29(39-31-18(2)28(38)14-13-22(25)31)19-9-11-21(12-10-19)40-33(42)23-15-26(36)27(37)16-24(23)34(40)43/h4-14,17,23-24,26-27,30H,3,15-16H2,1-2H3. The molecule has 2 fully saturated rings. The molecular formula is C35H29Br2ClN2O5. The fourth-order valence-corrected chi connectivity index (χ4v) is 7.54. The van der Waals surface area contributed by atoms with Gasteiger partial charge < -0.3 is 4.74 Å². The molecule has 1 saturated carbocycles. The van der Waals surface area contributed by atoms with Crippen LogP contribution in [0.15, 0.2) is 72.8 Å². The maximum atomic E-state index is 13.7. The van der Waals surface area contributed by atoms with Crippen molar-refractivity contribution in [1.29, 1.82) is 0 Å². The van der Waals surface area contributed by atoms with Crippen molar-refractivity contribution in [1.82, 2.24) is 4.98 Å². The van der Waals surface area contributed by atoms with Crippen LogP contribution in [-0.4, -0.2) is 44.3 Å². The minimum atomic E-state index is -0.960. The van der Waals surface area contributed by atoms with Crippen LogP contribution in [0.2, 0.25) is 5.02 Å². The molecule has 0 spiro atoms. The van der Waals surface area contributed by atoms with Crippen LogP contribution in [0, 0.1) is 18.8 Å². The monoisotopic (exact) mass is 750 g/mol. The summed E-state index contributed by atoms with van der Waals surface area (Å²) in [6.07, 6.45) is 0.539. The van der Waals surface area contributed by atoms with Gasteiger partial charge in [-0.1, -0.05) is 98.9 Å². The molecule has 45 heavy (non-hydrogen) atoms. The smallest absolute Gasteiger partial charge is 0.339 e. The van der Waals surface area contributed by atoms with Crippen LogP contribution in [-0.2, 0) is 14.3 Å². The third kappa shape index (κ3) is 5.86. The van der Waals surface area contributed by atoms with Gasteiger partial charge in [-0.25, -0.2) is 9.78 Å². The summed E-state index contributed by atoms with van der Waals surface area (Å²) in [6, 6.07) is 20.8. The molecule has 10 heteroatoms. The highest BCUT2D eigenvalue weighted by Gasteiger charge is 2.52. The Morgan fingerprint density at radius 2 is 1.58 bits per heavy atom. The number of amides is 2. The fraction of sp³-hybridized carbons (Fsp3) is 0.286. The molecule has 3 aromatic carbocycles. The van der Waals surface area contributed by atoms with Gasteiger partial charge in [0.05, 0.1) is 34.3 Å². The number of ketones is 1. The van der Waals surface area contributed by atoms with Crippen molar-refractivity contribution in [2.75, 3.05) is 4.90 Å². The van der Waals surface area contributed by atoms with E-state index in [-0.39, 0.29) is 44.7 Å². The van der Waals surface area contributed by atoms with Crippen molar-refractivity contribution in [2.45, 2.75) is 48.9 Å². The molecular weight excluding hydrogens is 724 g/mol. The van der Waals surface area contributed by atoms with Crippen molar-refractivity contribution in [3.05, 3.63) is 94.5 Å². The van der Waals surface area contributed by atoms with E-state index in [2.05, 4.69) is 31.9 Å². The van der Waals surface area contributed by atoms with E-state index in [1.807, 2.05) is 13.0 Å². The lowest BCUT2D eigenvalue weighted by molar-refractivity contribution is -0.122. The van der Waals surface area contributed by atoms with Gasteiger partial charge in [0.1, 0.15) is 0 Å². The lowest BCUT2D eigenvalue weighted by atomic mass is 9.81. The van der Waals surface area contributed by atoms with Crippen molar-refractivity contribution < 1.29 is 23.9 Å². The number of carbonyl (C=O) groups excluding carboxylic acids is 4. The first-order valence-electron chi connectivity index (χ1n) is 14.8. The van der Waals surface area contributed by atoms with E-state index in [1.165, 1.54) is 4.90 Å². The zero-order chi connectivity index (χ0) is 32.0. The zero-order valence-electron chi connectivity index (χ0n) is 24.5. The van der Waals surface area contributed by atoms with Crippen LogP contribution in [0.4, 0.5) is 5.69 Å². The maximum absolute atomic E-state index is 13.7. The van der Waals surface area contributed by atoms with Gasteiger partial charge in [-0.05, 0) is 56.0 Å². The van der Waals surface area contributed by atoms with E-state index in [4.69, 9.17) is 21.3 Å². The number of esters is 1. The first-order chi connectivity index (χ1) is 21.6. The van der Waals surface area contributed by atoms with Gasteiger partial charge in [-0.15, -0.1) is 0 Å². The Balaban J connectivity index is 1.33. The summed E-state index contributed by atoms with van der Waals surface area (Å²) in [4.78, 5) is 59.8. The van der Waals surface area contributed by atoms with E-state index < -0.39 is 12.1 Å². The number of fused-ring (bicyclic) bond motifs is 2. The number of anilines is 1. The SMILES string of the molecule is CCC(OC(=O)c1cc(-c2ccc(N3C(=O)C4CC(Br)C(Br)CC4C3=O)cc2)nc2c(C)c(Cl)ccc12)C(=O)c1ccccc1. The molecule has 5 unspecified atom stereocenters. The summed E-state index contributed by atoms with van der Waals surface area (Å²) in [6.45, 7) is 3.62. The molecule has 2 amide bonds. The quantitative estimate of drug-likeness (QED) is 0.0820. The number of alkyl halides is 2. The van der Waals surface area contributed by atoms with Gasteiger partial charge >= 0.3 is 5.97 Å². The Morgan fingerprint density at radius 1 is 0.956 bits per heavy atom. The predicted octanol–water partition coefficient (Wildman–Crippen LogP) is 8.11. The summed E-state index contributed by atoms with van der Waals surface area (Å²) in [5, 5.41) is 1.05. The fourth-order valence-electron chi connectivity index (χ4n) is 6.16. The van der Waals surface area contributed by atoms with Crippen LogP contribution in [0.25, 0.3) is 22.2 Å². The lowest BCUT2D eigenvalue weighted by Gasteiger charge is -2.29. The average molecular weight is 753 g/mol. The van der Waals surface area contributed by atoms with E-state index in [0.29, 0.717) is 63.3 Å². The number of hydrogen-bond donors (Lipinski definition) is 0. The molecule has 0 bridgehead atoms. The second-order valence-corrected chi connectivity index (χ2v) is 14.2. The Hall–Kier alpha value is -3.40. The Labute approximate surface area is 282 Å². The number of carbonyl (C=O) groups is 4. The highest BCUT2D eigenvalue weighted by Crippen LogP contribution is 2.44. The molecule has 230 valence electrons. The van der Waals surface area contributed by atoms with Gasteiger partial charge in [0, 0.05) is 31.2 Å². The molecule has 1 aromatic heterocycles. The molecule has 1 saturated heterocycles. The second kappa shape index (κ2) is 12.8. The highest BCUT2D eigenvalue weighted by molar-refractivity contribution is 9.12. The molecule has 5 atom stereocenters. The van der Waals surface area contributed by atoms with Crippen molar-refractivity contribution >= 4 is 83.6 Å². The van der Waals surface area contributed by atoms with E-state index in [9.17, 15) is 19.2 Å². The summed E-state index contributed by atoms with van der Waals surface area (Å²) in [7, 11) is 0. The normalized spacial score (nSPS) is 21.9. The third-order valence-corrected chi connectivity index (χ3v) is 11.8. The molecule has 4 aromatic rings. The van der Waals surface area contributed by atoms with Gasteiger partial charge in [-0.3, -0.25) is 19.3 Å². The molecule has 1 aliphatic heterocycles. The van der Waals surface area contributed by atoms with Crippen molar-refractivity contribution in [3.63, 3.8) is 0 Å². The molecule has 0 radical (unpaired) electrons. The number of nitrogens with zero attached hydrogens (tertiary/aromatic N) is 2. The van der Waals surface area contributed by atoms with Crippen molar-refractivity contribution in [3.8, 4) is 11.3 Å². The number of pyridine rings is 1. The minimum absolute atomic E-state index is 0.124. The first-order valence-corrected chi connectivity index (χ1v) is 17.0. The minimum Gasteiger partial charge on any atom is -0.450 e. The number of aromatic nitrogens is 1. The van der Waals surface area contributed by atoms with Crippen molar-refractivity contribution in [2.24, 2.45) is 11.8 Å². The molecule has 7 nitrogen and oxygen atoms in total. The molecule has 2 aliphatic rings. The van der Waals surface area contributed by atoms with Gasteiger partial charge in [-0.2, -0.15) is 0 Å². The van der Waals surface area contributed by atoms with Gasteiger partial charge in [0.2, 0.25) is 17.6 Å². The molecule has 0 N–H and O–H groups in total. The van der Waals surface area contributed by atoms with Gasteiger partial charge in [0.25, 0.3) is 0 Å². The number of aryl methyl sites for hydroxylation is 1. The third-order valence-electron chi connectivity index (χ3n) is 8.69. The number of Topliss-reactive ketones (excluding diaryl/α,β-unsaturated/α-hetero) is 1. The number of halogens is 3. The Bertz CT molecular complexity index is 1800. The van der Waals surface area contributed by atoms with Crippen LogP contribution in [0.1, 0.15) is 52.5 Å². The van der Waals surface area contributed by atoms with Crippen LogP contribution in [0.5, 0.6) is 0 Å². The lowest BCUT2D eigenvalue weighted by Crippen LogP contribution is -2.34. The summed E-state index contributed by atoms with van der Waals surface area (Å²) in [5.74, 6) is -1.99. The molecule has 2 heterocycles. The zero-order valence-corrected chi connectivity index (χ0v) is 28.4. The van der Waals surface area contributed by atoms with Gasteiger partial charge in [0.15, 0.2) is 6.10 Å². The predicted molar refractivity (Wildman–Crippen MR) is 181 cm³/mol. The number of ether oxygens (including phenoxy) is 1. The second-order valence-electron chi connectivity index (χ2n) is 11.4. The summed E-state index contributed by atoms with van der Waals surface area (Å²) < 4.78 is 5.81. The number of imide groups is 1. The number of benzene rings is 3. The average Bonchev–Trinajstić information content (AvgIpc) is 3.29. The maximum Gasteiger partial charge on any atom is 0.339 e.